The number of fused-ring (bicyclic) bond motifs is 1. The fourth-order valence-corrected chi connectivity index (χ4v) is 2.79. The largest absolute Gasteiger partial charge is 0.0987 e. The van der Waals surface area contributed by atoms with Gasteiger partial charge >= 0.3 is 0 Å². The lowest BCUT2D eigenvalue weighted by molar-refractivity contribution is 0.577. The van der Waals surface area contributed by atoms with Crippen LogP contribution in [0.3, 0.4) is 0 Å². The highest BCUT2D eigenvalue weighted by Crippen LogP contribution is 2.51. The average molecular weight is 224 g/mol. The van der Waals surface area contributed by atoms with Crippen molar-refractivity contribution in [2.45, 2.75) is 27.2 Å². The third-order valence-electron chi connectivity index (χ3n) is 3.61. The van der Waals surface area contributed by atoms with Crippen LogP contribution in [0.5, 0.6) is 0 Å². The fraction of sp³-hybridized carbons (Fsp3) is 0.294. The van der Waals surface area contributed by atoms with Gasteiger partial charge < -0.3 is 0 Å². The van der Waals surface area contributed by atoms with Crippen LogP contribution >= 0.6 is 0 Å². The Balaban J connectivity index is 2.69. The van der Waals surface area contributed by atoms with Gasteiger partial charge in [0.15, 0.2) is 0 Å². The van der Waals surface area contributed by atoms with Crippen molar-refractivity contribution in [1.29, 1.82) is 0 Å². The van der Waals surface area contributed by atoms with Crippen molar-refractivity contribution in [2.75, 3.05) is 0 Å². The minimum Gasteiger partial charge on any atom is -0.0987 e. The minimum atomic E-state index is 0.0778. The van der Waals surface area contributed by atoms with Crippen LogP contribution in [0, 0.1) is 5.41 Å². The molecule has 0 nitrogen and oxygen atoms in total. The zero-order chi connectivity index (χ0) is 12.5. The van der Waals surface area contributed by atoms with E-state index < -0.39 is 0 Å². The lowest BCUT2D eigenvalue weighted by Crippen LogP contribution is -2.12. The summed E-state index contributed by atoms with van der Waals surface area (Å²) in [5.74, 6) is 0. The second-order valence-electron chi connectivity index (χ2n) is 5.02. The Morgan fingerprint density at radius 1 is 1.35 bits per heavy atom. The fourth-order valence-electron chi connectivity index (χ4n) is 2.79. The van der Waals surface area contributed by atoms with Crippen molar-refractivity contribution in [1.82, 2.24) is 0 Å². The Bertz CT molecular complexity index is 488. The van der Waals surface area contributed by atoms with Crippen molar-refractivity contribution >= 4 is 0 Å². The Kier molecular flexibility index (Phi) is 3.06. The molecular formula is C17H20. The van der Waals surface area contributed by atoms with Crippen LogP contribution in [0.1, 0.15) is 27.2 Å². The van der Waals surface area contributed by atoms with Crippen LogP contribution < -0.4 is 0 Å². The number of hydrogen-bond donors (Lipinski definition) is 0. The summed E-state index contributed by atoms with van der Waals surface area (Å²) < 4.78 is 0. The van der Waals surface area contributed by atoms with E-state index in [-0.39, 0.29) is 5.41 Å². The van der Waals surface area contributed by atoms with Gasteiger partial charge in [0.2, 0.25) is 0 Å². The maximum Gasteiger partial charge on any atom is 0.0155 e. The van der Waals surface area contributed by atoms with Crippen molar-refractivity contribution < 1.29 is 0 Å². The molecule has 0 heterocycles. The second-order valence-corrected chi connectivity index (χ2v) is 5.02. The molecule has 2 aliphatic rings. The predicted molar refractivity (Wildman–Crippen MR) is 75.7 cm³/mol. The van der Waals surface area contributed by atoms with E-state index in [4.69, 9.17) is 0 Å². The molecule has 0 radical (unpaired) electrons. The first-order chi connectivity index (χ1) is 8.12. The summed E-state index contributed by atoms with van der Waals surface area (Å²) in [7, 11) is 0. The lowest BCUT2D eigenvalue weighted by Gasteiger charge is -2.23. The van der Waals surface area contributed by atoms with Crippen molar-refractivity contribution in [3.63, 3.8) is 0 Å². The first-order valence-corrected chi connectivity index (χ1v) is 6.21. The summed E-state index contributed by atoms with van der Waals surface area (Å²) in [5, 5.41) is 0. The average Bonchev–Trinajstić information content (AvgIpc) is 2.50. The molecule has 0 amide bonds. The summed E-state index contributed by atoms with van der Waals surface area (Å²) in [6.45, 7) is 10.6. The van der Waals surface area contributed by atoms with E-state index in [9.17, 15) is 0 Å². The monoisotopic (exact) mass is 224 g/mol. The van der Waals surface area contributed by atoms with Crippen molar-refractivity contribution in [3.8, 4) is 0 Å². The minimum absolute atomic E-state index is 0.0778. The molecule has 0 aromatic heterocycles. The third kappa shape index (κ3) is 1.78. The number of hydrogen-bond acceptors (Lipinski definition) is 0. The molecule has 0 atom stereocenters. The standard InChI is InChI=1S/C17H20/c1-5-10-13-14-11-8-7-9-12-16(14)17(3,4)15(13)6-2/h5-8,10-12H,2,9H2,1,3-4H3/b10-5-. The SMILES string of the molecule is C=CC1=C(/C=C\C)C2=CC=CCC=C2C1(C)C. The van der Waals surface area contributed by atoms with Crippen molar-refractivity contribution in [2.24, 2.45) is 5.41 Å². The molecule has 0 unspecified atom stereocenters. The van der Waals surface area contributed by atoms with Crippen LogP contribution in [-0.4, -0.2) is 0 Å². The second kappa shape index (κ2) is 4.37. The van der Waals surface area contributed by atoms with Gasteiger partial charge in [0, 0.05) is 5.41 Å². The molecule has 0 aromatic carbocycles. The molecule has 17 heavy (non-hydrogen) atoms. The highest BCUT2D eigenvalue weighted by Gasteiger charge is 2.37. The lowest BCUT2D eigenvalue weighted by atomic mass is 9.80. The van der Waals surface area contributed by atoms with Gasteiger partial charge in [-0.1, -0.05) is 63.0 Å². The maximum absolute atomic E-state index is 3.99. The highest BCUT2D eigenvalue weighted by atomic mass is 14.4. The number of rotatable bonds is 2. The summed E-state index contributed by atoms with van der Waals surface area (Å²) >= 11 is 0. The smallest absolute Gasteiger partial charge is 0.0155 e. The molecule has 0 aromatic rings. The molecule has 0 heteroatoms. The topological polar surface area (TPSA) is 0 Å². The van der Waals surface area contributed by atoms with Gasteiger partial charge in [-0.3, -0.25) is 0 Å². The van der Waals surface area contributed by atoms with Crippen LogP contribution in [0.4, 0.5) is 0 Å². The molecule has 2 rings (SSSR count). The number of allylic oxidation sites excluding steroid dienone is 11. The molecule has 0 spiro atoms. The molecular weight excluding hydrogens is 204 g/mol. The summed E-state index contributed by atoms with van der Waals surface area (Å²) in [6, 6.07) is 0. The van der Waals surface area contributed by atoms with E-state index >= 15 is 0 Å². The van der Waals surface area contributed by atoms with Crippen LogP contribution in [0.25, 0.3) is 0 Å². The van der Waals surface area contributed by atoms with E-state index in [1.54, 1.807) is 0 Å². The molecule has 0 saturated heterocycles. The van der Waals surface area contributed by atoms with Crippen LogP contribution in [0.2, 0.25) is 0 Å². The molecule has 0 N–H and O–H groups in total. The van der Waals surface area contributed by atoms with Crippen molar-refractivity contribution in [3.05, 3.63) is 71.4 Å². The molecule has 0 fully saturated rings. The Morgan fingerprint density at radius 2 is 2.12 bits per heavy atom. The summed E-state index contributed by atoms with van der Waals surface area (Å²) in [6.07, 6.45) is 16.3. The van der Waals surface area contributed by atoms with Gasteiger partial charge in [-0.05, 0) is 35.6 Å². The van der Waals surface area contributed by atoms with Gasteiger partial charge in [-0.2, -0.15) is 0 Å². The zero-order valence-corrected chi connectivity index (χ0v) is 11.0. The molecule has 2 aliphatic carbocycles. The zero-order valence-electron chi connectivity index (χ0n) is 11.0. The van der Waals surface area contributed by atoms with E-state index in [0.717, 1.165) is 6.42 Å². The van der Waals surface area contributed by atoms with Gasteiger partial charge in [0.05, 0.1) is 0 Å². The molecule has 0 saturated carbocycles. The summed E-state index contributed by atoms with van der Waals surface area (Å²) in [5.41, 5.74) is 5.53. The van der Waals surface area contributed by atoms with Crippen LogP contribution in [0.15, 0.2) is 71.4 Å². The molecule has 0 aliphatic heterocycles. The Morgan fingerprint density at radius 3 is 2.76 bits per heavy atom. The normalized spacial score (nSPS) is 22.3. The predicted octanol–water partition coefficient (Wildman–Crippen LogP) is 4.90. The van der Waals surface area contributed by atoms with Crippen LogP contribution in [-0.2, 0) is 0 Å². The van der Waals surface area contributed by atoms with E-state index in [0.29, 0.717) is 0 Å². The molecule has 0 bridgehead atoms. The molecule has 88 valence electrons. The van der Waals surface area contributed by atoms with Gasteiger partial charge in [0.25, 0.3) is 0 Å². The first kappa shape index (κ1) is 11.9. The van der Waals surface area contributed by atoms with Gasteiger partial charge in [0.1, 0.15) is 0 Å². The highest BCUT2D eigenvalue weighted by molar-refractivity contribution is 5.68. The first-order valence-electron chi connectivity index (χ1n) is 6.21. The van der Waals surface area contributed by atoms with E-state index in [1.807, 2.05) is 6.08 Å². The van der Waals surface area contributed by atoms with Gasteiger partial charge in [-0.25, -0.2) is 0 Å². The van der Waals surface area contributed by atoms with E-state index in [1.165, 1.54) is 22.3 Å². The Hall–Kier alpha value is -1.56. The van der Waals surface area contributed by atoms with E-state index in [2.05, 4.69) is 63.8 Å². The quantitative estimate of drug-likeness (QED) is 0.626. The maximum atomic E-state index is 3.99. The van der Waals surface area contributed by atoms with Gasteiger partial charge in [-0.15, -0.1) is 0 Å². The Labute approximate surface area is 104 Å². The third-order valence-corrected chi connectivity index (χ3v) is 3.61. The summed E-state index contributed by atoms with van der Waals surface area (Å²) in [4.78, 5) is 0.